The van der Waals surface area contributed by atoms with Crippen molar-refractivity contribution in [2.24, 2.45) is 0 Å². The first kappa shape index (κ1) is 14.7. The summed E-state index contributed by atoms with van der Waals surface area (Å²) in [7, 11) is 0. The number of anilines is 1. The summed E-state index contributed by atoms with van der Waals surface area (Å²) in [6.07, 6.45) is 0. The molecule has 0 spiro atoms. The van der Waals surface area contributed by atoms with E-state index in [-0.39, 0.29) is 5.54 Å². The first-order valence-electron chi connectivity index (χ1n) is 7.15. The molecule has 1 aromatic rings. The second-order valence-electron chi connectivity index (χ2n) is 6.36. The maximum absolute atomic E-state index is 3.60. The number of rotatable bonds is 3. The Balaban J connectivity index is 2.11. The largest absolute Gasteiger partial charge is 0.369 e. The molecule has 1 aromatic carbocycles. The van der Waals surface area contributed by atoms with E-state index in [0.717, 1.165) is 18.3 Å². The molecule has 1 heterocycles. The van der Waals surface area contributed by atoms with E-state index in [1.807, 2.05) is 0 Å². The van der Waals surface area contributed by atoms with Crippen molar-refractivity contribution in [3.63, 3.8) is 0 Å². The highest BCUT2D eigenvalue weighted by Crippen LogP contribution is 2.27. The SMILES string of the molecule is CC1CN(c2ccccc2CNC(C)(C)C)CCS1. The zero-order valence-electron chi connectivity index (χ0n) is 12.6. The molecule has 1 aliphatic heterocycles. The van der Waals surface area contributed by atoms with E-state index < -0.39 is 0 Å². The van der Waals surface area contributed by atoms with Crippen LogP contribution in [0.5, 0.6) is 0 Å². The van der Waals surface area contributed by atoms with Gasteiger partial charge in [-0.05, 0) is 32.4 Å². The van der Waals surface area contributed by atoms with Gasteiger partial charge < -0.3 is 10.2 Å². The van der Waals surface area contributed by atoms with Gasteiger partial charge in [0, 0.05) is 41.9 Å². The van der Waals surface area contributed by atoms with Crippen molar-refractivity contribution in [1.82, 2.24) is 5.32 Å². The molecule has 0 amide bonds. The third-order valence-corrected chi connectivity index (χ3v) is 4.52. The van der Waals surface area contributed by atoms with E-state index in [4.69, 9.17) is 0 Å². The van der Waals surface area contributed by atoms with Crippen LogP contribution in [0.2, 0.25) is 0 Å². The van der Waals surface area contributed by atoms with Crippen LogP contribution in [-0.2, 0) is 6.54 Å². The minimum Gasteiger partial charge on any atom is -0.369 e. The molecule has 0 bridgehead atoms. The number of nitrogens with zero attached hydrogens (tertiary/aromatic N) is 1. The van der Waals surface area contributed by atoms with Gasteiger partial charge in [-0.2, -0.15) is 11.8 Å². The lowest BCUT2D eigenvalue weighted by atomic mass is 10.1. The molecule has 1 atom stereocenters. The minimum absolute atomic E-state index is 0.165. The lowest BCUT2D eigenvalue weighted by Gasteiger charge is -2.34. The molecule has 2 nitrogen and oxygen atoms in total. The molecule has 106 valence electrons. The number of thioether (sulfide) groups is 1. The van der Waals surface area contributed by atoms with Crippen molar-refractivity contribution >= 4 is 17.4 Å². The third-order valence-electron chi connectivity index (χ3n) is 3.38. The number of hydrogen-bond acceptors (Lipinski definition) is 3. The molecule has 0 saturated carbocycles. The molecule has 1 aliphatic rings. The number of hydrogen-bond donors (Lipinski definition) is 1. The van der Waals surface area contributed by atoms with Crippen LogP contribution in [0.25, 0.3) is 0 Å². The average Bonchev–Trinajstić information content (AvgIpc) is 2.36. The van der Waals surface area contributed by atoms with Crippen LogP contribution >= 0.6 is 11.8 Å². The Kier molecular flexibility index (Phi) is 4.80. The average molecular weight is 278 g/mol. The van der Waals surface area contributed by atoms with E-state index in [2.05, 4.69) is 73.9 Å². The molecule has 3 heteroatoms. The zero-order chi connectivity index (χ0) is 13.9. The summed E-state index contributed by atoms with van der Waals surface area (Å²) in [5, 5.41) is 4.33. The second-order valence-corrected chi connectivity index (χ2v) is 7.91. The normalized spacial score (nSPS) is 20.6. The van der Waals surface area contributed by atoms with E-state index in [0.29, 0.717) is 0 Å². The fourth-order valence-corrected chi connectivity index (χ4v) is 3.38. The standard InChI is InChI=1S/C16H26N2S/c1-13-12-18(9-10-19-13)15-8-6-5-7-14(15)11-17-16(2,3)4/h5-8,13,17H,9-12H2,1-4H3. The number of benzene rings is 1. The Morgan fingerprint density at radius 2 is 2.05 bits per heavy atom. The highest BCUT2D eigenvalue weighted by molar-refractivity contribution is 8.00. The monoisotopic (exact) mass is 278 g/mol. The molecule has 1 N–H and O–H groups in total. The van der Waals surface area contributed by atoms with Crippen LogP contribution in [0.15, 0.2) is 24.3 Å². The van der Waals surface area contributed by atoms with Crippen molar-refractivity contribution in [3.05, 3.63) is 29.8 Å². The van der Waals surface area contributed by atoms with Gasteiger partial charge in [-0.1, -0.05) is 25.1 Å². The van der Waals surface area contributed by atoms with E-state index in [9.17, 15) is 0 Å². The highest BCUT2D eigenvalue weighted by Gasteiger charge is 2.19. The molecular weight excluding hydrogens is 252 g/mol. The molecule has 1 saturated heterocycles. The van der Waals surface area contributed by atoms with Gasteiger partial charge in [0.05, 0.1) is 0 Å². The van der Waals surface area contributed by atoms with Gasteiger partial charge in [-0.15, -0.1) is 0 Å². The Labute approximate surface area is 122 Å². The van der Waals surface area contributed by atoms with Crippen LogP contribution in [0.1, 0.15) is 33.3 Å². The quantitative estimate of drug-likeness (QED) is 0.911. The first-order chi connectivity index (χ1) is 8.96. The summed E-state index contributed by atoms with van der Waals surface area (Å²) >= 11 is 2.08. The van der Waals surface area contributed by atoms with Gasteiger partial charge in [0.1, 0.15) is 0 Å². The summed E-state index contributed by atoms with van der Waals surface area (Å²) in [6.45, 7) is 12.3. The predicted molar refractivity (Wildman–Crippen MR) is 87.2 cm³/mol. The molecule has 0 radical (unpaired) electrons. The van der Waals surface area contributed by atoms with Gasteiger partial charge in [0.2, 0.25) is 0 Å². The second kappa shape index (κ2) is 6.19. The van der Waals surface area contributed by atoms with Gasteiger partial charge in [0.25, 0.3) is 0 Å². The first-order valence-corrected chi connectivity index (χ1v) is 8.20. The van der Waals surface area contributed by atoms with E-state index in [1.54, 1.807) is 0 Å². The highest BCUT2D eigenvalue weighted by atomic mass is 32.2. The predicted octanol–water partition coefficient (Wildman–Crippen LogP) is 3.52. The number of nitrogens with one attached hydrogen (secondary N) is 1. The van der Waals surface area contributed by atoms with Crippen molar-refractivity contribution in [1.29, 1.82) is 0 Å². The topological polar surface area (TPSA) is 15.3 Å². The van der Waals surface area contributed by atoms with Crippen molar-refractivity contribution in [2.75, 3.05) is 23.7 Å². The van der Waals surface area contributed by atoms with E-state index >= 15 is 0 Å². The fraction of sp³-hybridized carbons (Fsp3) is 0.625. The molecule has 0 aromatic heterocycles. The lowest BCUT2D eigenvalue weighted by molar-refractivity contribution is 0.424. The van der Waals surface area contributed by atoms with Crippen molar-refractivity contribution in [2.45, 2.75) is 45.0 Å². The molecule has 1 fully saturated rings. The summed E-state index contributed by atoms with van der Waals surface area (Å²) in [5.41, 5.74) is 2.99. The van der Waals surface area contributed by atoms with Crippen LogP contribution in [0.4, 0.5) is 5.69 Å². The maximum Gasteiger partial charge on any atom is 0.0412 e. The van der Waals surface area contributed by atoms with Gasteiger partial charge in [-0.25, -0.2) is 0 Å². The zero-order valence-corrected chi connectivity index (χ0v) is 13.4. The Bertz CT molecular complexity index is 411. The summed E-state index contributed by atoms with van der Waals surface area (Å²) < 4.78 is 0. The van der Waals surface area contributed by atoms with Crippen LogP contribution in [0.3, 0.4) is 0 Å². The summed E-state index contributed by atoms with van der Waals surface area (Å²) in [6, 6.07) is 8.82. The third kappa shape index (κ3) is 4.43. The maximum atomic E-state index is 3.60. The molecule has 1 unspecified atom stereocenters. The number of para-hydroxylation sites is 1. The van der Waals surface area contributed by atoms with Crippen LogP contribution in [0, 0.1) is 0 Å². The van der Waals surface area contributed by atoms with Gasteiger partial charge >= 0.3 is 0 Å². The smallest absolute Gasteiger partial charge is 0.0412 e. The van der Waals surface area contributed by atoms with Crippen LogP contribution < -0.4 is 10.2 Å². The molecule has 0 aliphatic carbocycles. The Morgan fingerprint density at radius 3 is 2.74 bits per heavy atom. The minimum atomic E-state index is 0.165. The van der Waals surface area contributed by atoms with Gasteiger partial charge in [0.15, 0.2) is 0 Å². The Hall–Kier alpha value is -0.670. The fourth-order valence-electron chi connectivity index (χ4n) is 2.37. The van der Waals surface area contributed by atoms with Crippen LogP contribution in [-0.4, -0.2) is 29.6 Å². The van der Waals surface area contributed by atoms with Gasteiger partial charge in [-0.3, -0.25) is 0 Å². The van der Waals surface area contributed by atoms with Crippen molar-refractivity contribution < 1.29 is 0 Å². The Morgan fingerprint density at radius 1 is 1.32 bits per heavy atom. The molecule has 2 rings (SSSR count). The molecular formula is C16H26N2S. The van der Waals surface area contributed by atoms with Crippen molar-refractivity contribution in [3.8, 4) is 0 Å². The lowest BCUT2D eigenvalue weighted by Crippen LogP contribution is -2.39. The summed E-state index contributed by atoms with van der Waals surface area (Å²) in [4.78, 5) is 2.54. The van der Waals surface area contributed by atoms with E-state index in [1.165, 1.54) is 23.5 Å². The summed E-state index contributed by atoms with van der Waals surface area (Å²) in [5.74, 6) is 1.24. The molecule has 19 heavy (non-hydrogen) atoms.